The molecule has 26 heavy (non-hydrogen) atoms. The Kier molecular flexibility index (Phi) is 42.7. The van der Waals surface area contributed by atoms with Gasteiger partial charge in [0.1, 0.15) is 0 Å². The SMILES string of the molecule is C.C.C.C.C.C.COCC(C)(CO)COCCOCC(C)(CO)COC. The van der Waals surface area contributed by atoms with Gasteiger partial charge in [0.15, 0.2) is 0 Å². The van der Waals surface area contributed by atoms with Crippen molar-refractivity contribution in [3.05, 3.63) is 0 Å². The Morgan fingerprint density at radius 3 is 1.04 bits per heavy atom. The van der Waals surface area contributed by atoms with E-state index in [1.54, 1.807) is 14.2 Å². The molecule has 0 spiro atoms. The molecule has 0 aliphatic rings. The minimum absolute atomic E-state index is 0. The van der Waals surface area contributed by atoms with E-state index in [4.69, 9.17) is 18.9 Å². The Labute approximate surface area is 166 Å². The minimum Gasteiger partial charge on any atom is -0.396 e. The van der Waals surface area contributed by atoms with E-state index in [1.165, 1.54) is 0 Å². The molecule has 2 N–H and O–H groups in total. The number of aliphatic hydroxyl groups excluding tert-OH is 2. The maximum atomic E-state index is 9.28. The van der Waals surface area contributed by atoms with E-state index in [1.807, 2.05) is 13.8 Å². The average Bonchev–Trinajstić information content (AvgIpc) is 2.43. The van der Waals surface area contributed by atoms with Crippen LogP contribution in [0.15, 0.2) is 0 Å². The van der Waals surface area contributed by atoms with E-state index < -0.39 is 0 Å². The van der Waals surface area contributed by atoms with E-state index >= 15 is 0 Å². The highest BCUT2D eigenvalue weighted by Gasteiger charge is 2.25. The smallest absolute Gasteiger partial charge is 0.0700 e. The van der Waals surface area contributed by atoms with Gasteiger partial charge in [0.2, 0.25) is 0 Å². The summed E-state index contributed by atoms with van der Waals surface area (Å²) in [6.07, 6.45) is 0. The van der Waals surface area contributed by atoms with Gasteiger partial charge in [-0.1, -0.05) is 58.4 Å². The van der Waals surface area contributed by atoms with Crippen molar-refractivity contribution in [1.29, 1.82) is 0 Å². The van der Waals surface area contributed by atoms with Gasteiger partial charge in [-0.15, -0.1) is 0 Å². The van der Waals surface area contributed by atoms with Crippen LogP contribution in [-0.2, 0) is 18.9 Å². The zero-order valence-electron chi connectivity index (χ0n) is 13.2. The number of rotatable bonds is 13. The summed E-state index contributed by atoms with van der Waals surface area (Å²) in [6, 6.07) is 0. The zero-order valence-corrected chi connectivity index (χ0v) is 13.2. The summed E-state index contributed by atoms with van der Waals surface area (Å²) in [5.74, 6) is 0. The minimum atomic E-state index is -0.385. The third-order valence-corrected chi connectivity index (χ3v) is 3.02. The Morgan fingerprint density at radius 1 is 0.577 bits per heavy atom. The van der Waals surface area contributed by atoms with E-state index in [2.05, 4.69) is 0 Å². The van der Waals surface area contributed by atoms with E-state index in [9.17, 15) is 10.2 Å². The van der Waals surface area contributed by atoms with Crippen molar-refractivity contribution >= 4 is 0 Å². The first-order chi connectivity index (χ1) is 9.45. The van der Waals surface area contributed by atoms with Crippen molar-refractivity contribution < 1.29 is 29.2 Å². The van der Waals surface area contributed by atoms with Gasteiger partial charge >= 0.3 is 0 Å². The topological polar surface area (TPSA) is 77.4 Å². The highest BCUT2D eigenvalue weighted by Crippen LogP contribution is 2.17. The molecule has 2 atom stereocenters. The Bertz CT molecular complexity index is 216. The molecule has 170 valence electrons. The summed E-state index contributed by atoms with van der Waals surface area (Å²) in [5.41, 5.74) is -0.769. The molecule has 0 saturated carbocycles. The van der Waals surface area contributed by atoms with Crippen molar-refractivity contribution in [2.45, 2.75) is 58.4 Å². The van der Waals surface area contributed by atoms with Gasteiger partial charge in [0.05, 0.1) is 52.9 Å². The van der Waals surface area contributed by atoms with Crippen molar-refractivity contribution in [1.82, 2.24) is 0 Å². The van der Waals surface area contributed by atoms with E-state index in [0.717, 1.165) is 0 Å². The van der Waals surface area contributed by atoms with E-state index in [0.29, 0.717) is 39.6 Å². The fourth-order valence-electron chi connectivity index (χ4n) is 1.72. The zero-order chi connectivity index (χ0) is 15.5. The van der Waals surface area contributed by atoms with Crippen LogP contribution >= 0.6 is 0 Å². The van der Waals surface area contributed by atoms with Crippen molar-refractivity contribution in [3.8, 4) is 0 Å². The fourth-order valence-corrected chi connectivity index (χ4v) is 1.72. The van der Waals surface area contributed by atoms with Gasteiger partial charge in [-0.25, -0.2) is 0 Å². The number of methoxy groups -OCH3 is 2. The molecular weight excluding hydrogens is 336 g/mol. The molecular formula is C20H54O6. The first kappa shape index (κ1) is 44.9. The second kappa shape index (κ2) is 24.8. The second-order valence-corrected chi connectivity index (χ2v) is 5.91. The van der Waals surface area contributed by atoms with Crippen molar-refractivity contribution in [2.24, 2.45) is 10.8 Å². The number of aliphatic hydroxyl groups is 2. The Morgan fingerprint density at radius 2 is 0.846 bits per heavy atom. The maximum absolute atomic E-state index is 9.28. The lowest BCUT2D eigenvalue weighted by atomic mass is 9.94. The third kappa shape index (κ3) is 20.1. The molecule has 0 fully saturated rings. The molecule has 0 aromatic carbocycles. The second-order valence-electron chi connectivity index (χ2n) is 5.91. The standard InChI is InChI=1S/C14H30O6.6CH4/c1-13(7-15,9-17-3)11-19-5-6-20-12-14(2,8-16)10-18-4;;;;;;/h15-16H,5-12H2,1-4H3;6*1H4. The fraction of sp³-hybridized carbons (Fsp3) is 1.00. The number of hydrogen-bond donors (Lipinski definition) is 2. The molecule has 0 aliphatic carbocycles. The summed E-state index contributed by atoms with van der Waals surface area (Å²) < 4.78 is 21.1. The first-order valence-electron chi connectivity index (χ1n) is 6.80. The normalized spacial score (nSPS) is 13.6. The molecule has 0 aromatic heterocycles. The molecule has 6 nitrogen and oxygen atoms in total. The maximum Gasteiger partial charge on any atom is 0.0700 e. The van der Waals surface area contributed by atoms with Gasteiger partial charge in [0.25, 0.3) is 0 Å². The molecule has 2 unspecified atom stereocenters. The van der Waals surface area contributed by atoms with Crippen LogP contribution in [0, 0.1) is 10.8 Å². The van der Waals surface area contributed by atoms with Crippen LogP contribution in [-0.4, -0.2) is 77.3 Å². The molecule has 0 radical (unpaired) electrons. The molecule has 0 rings (SSSR count). The molecule has 0 heterocycles. The highest BCUT2D eigenvalue weighted by atomic mass is 16.5. The van der Waals surface area contributed by atoms with E-state index in [-0.39, 0.29) is 68.6 Å². The molecule has 0 bridgehead atoms. The number of ether oxygens (including phenoxy) is 4. The highest BCUT2D eigenvalue weighted by molar-refractivity contribution is 4.73. The third-order valence-electron chi connectivity index (χ3n) is 3.02. The van der Waals surface area contributed by atoms with Gasteiger partial charge in [-0.05, 0) is 0 Å². The monoisotopic (exact) mass is 390 g/mol. The van der Waals surface area contributed by atoms with Crippen LogP contribution in [0.5, 0.6) is 0 Å². The lowest BCUT2D eigenvalue weighted by molar-refractivity contribution is -0.0628. The predicted octanol–water partition coefficient (Wildman–Crippen LogP) is 4.13. The molecule has 0 amide bonds. The Balaban J connectivity index is -0.000000120. The van der Waals surface area contributed by atoms with Crippen LogP contribution in [0.2, 0.25) is 0 Å². The summed E-state index contributed by atoms with van der Waals surface area (Å²) >= 11 is 0. The molecule has 0 aliphatic heterocycles. The van der Waals surface area contributed by atoms with Gasteiger partial charge in [-0.2, -0.15) is 0 Å². The first-order valence-corrected chi connectivity index (χ1v) is 6.80. The van der Waals surface area contributed by atoms with Crippen LogP contribution in [0.4, 0.5) is 0 Å². The Hall–Kier alpha value is -0.240. The van der Waals surface area contributed by atoms with Crippen molar-refractivity contribution in [3.63, 3.8) is 0 Å². The molecule has 0 saturated heterocycles. The van der Waals surface area contributed by atoms with Crippen molar-refractivity contribution in [2.75, 3.05) is 67.1 Å². The largest absolute Gasteiger partial charge is 0.396 e. The van der Waals surface area contributed by atoms with Crippen LogP contribution in [0.3, 0.4) is 0 Å². The van der Waals surface area contributed by atoms with Gasteiger partial charge < -0.3 is 29.2 Å². The number of hydrogen-bond acceptors (Lipinski definition) is 6. The lowest BCUT2D eigenvalue weighted by Gasteiger charge is -2.27. The average molecular weight is 391 g/mol. The quantitative estimate of drug-likeness (QED) is 0.461. The van der Waals surface area contributed by atoms with Gasteiger partial charge in [0, 0.05) is 25.0 Å². The molecule has 6 heteroatoms. The van der Waals surface area contributed by atoms with Gasteiger partial charge in [-0.3, -0.25) is 0 Å². The molecule has 0 aromatic rings. The summed E-state index contributed by atoms with van der Waals surface area (Å²) in [4.78, 5) is 0. The van der Waals surface area contributed by atoms with Crippen LogP contribution in [0.1, 0.15) is 58.4 Å². The lowest BCUT2D eigenvalue weighted by Crippen LogP contribution is -2.34. The van der Waals surface area contributed by atoms with Crippen LogP contribution in [0.25, 0.3) is 0 Å². The predicted molar refractivity (Wildman–Crippen MR) is 116 cm³/mol. The summed E-state index contributed by atoms with van der Waals surface area (Å²) in [6.45, 7) is 6.42. The summed E-state index contributed by atoms with van der Waals surface area (Å²) in [5, 5.41) is 18.6. The van der Waals surface area contributed by atoms with Crippen LogP contribution < -0.4 is 0 Å². The summed E-state index contributed by atoms with van der Waals surface area (Å²) in [7, 11) is 3.20.